The van der Waals surface area contributed by atoms with Crippen LogP contribution in [0.2, 0.25) is 0 Å². The Morgan fingerprint density at radius 3 is 2.57 bits per heavy atom. The first-order chi connectivity index (χ1) is 14.6. The Balaban J connectivity index is 1.39. The number of aryl methyl sites for hydroxylation is 1. The minimum atomic E-state index is 0.0344. The first-order valence-electron chi connectivity index (χ1n) is 9.72. The quantitative estimate of drug-likeness (QED) is 0.654. The highest BCUT2D eigenvalue weighted by atomic mass is 16.5. The molecule has 0 unspecified atom stereocenters. The van der Waals surface area contributed by atoms with Crippen molar-refractivity contribution in [1.29, 1.82) is 0 Å². The fourth-order valence-electron chi connectivity index (χ4n) is 3.29. The summed E-state index contributed by atoms with van der Waals surface area (Å²) in [5.74, 6) is 2.23. The minimum Gasteiger partial charge on any atom is -0.497 e. The first-order valence-corrected chi connectivity index (χ1v) is 9.72. The Kier molecular flexibility index (Phi) is 5.73. The molecule has 0 radical (unpaired) electrons. The lowest BCUT2D eigenvalue weighted by molar-refractivity contribution is -0.132. The van der Waals surface area contributed by atoms with E-state index in [4.69, 9.17) is 4.74 Å². The number of carbonyl (C=O) groups is 1. The molecule has 3 aromatic rings. The van der Waals surface area contributed by atoms with Crippen molar-refractivity contribution in [3.8, 4) is 5.75 Å². The zero-order valence-electron chi connectivity index (χ0n) is 17.0. The van der Waals surface area contributed by atoms with Crippen molar-refractivity contribution in [3.63, 3.8) is 0 Å². The number of nitrogens with one attached hydrogen (secondary N) is 1. The molecule has 156 valence electrons. The molecular formula is C20H24N8O2. The molecule has 10 nitrogen and oxygen atoms in total. The maximum atomic E-state index is 12.4. The van der Waals surface area contributed by atoms with Gasteiger partial charge in [0.15, 0.2) is 0 Å². The molecule has 1 saturated heterocycles. The second-order valence-corrected chi connectivity index (χ2v) is 7.01. The molecule has 0 aliphatic carbocycles. The molecule has 0 atom stereocenters. The summed E-state index contributed by atoms with van der Waals surface area (Å²) in [4.78, 5) is 29.5. The van der Waals surface area contributed by atoms with Crippen LogP contribution < -0.4 is 15.0 Å². The second-order valence-electron chi connectivity index (χ2n) is 7.01. The zero-order chi connectivity index (χ0) is 20.9. The molecule has 1 N–H and O–H groups in total. The first kappa shape index (κ1) is 19.6. The summed E-state index contributed by atoms with van der Waals surface area (Å²) in [7, 11) is 1.64. The van der Waals surface area contributed by atoms with Gasteiger partial charge in [0.05, 0.1) is 7.11 Å². The maximum Gasteiger partial charge on any atom is 0.244 e. The Hall–Kier alpha value is -3.69. The predicted octanol–water partition coefficient (Wildman–Crippen LogP) is 1.48. The molecule has 0 saturated carbocycles. The molecule has 0 spiro atoms. The Morgan fingerprint density at radius 2 is 1.90 bits per heavy atom. The summed E-state index contributed by atoms with van der Waals surface area (Å²) in [6.45, 7) is 4.74. The Morgan fingerprint density at radius 1 is 1.13 bits per heavy atom. The van der Waals surface area contributed by atoms with Crippen LogP contribution in [-0.2, 0) is 11.3 Å². The SMILES string of the molecule is COc1ccc(Nc2cc(C)nc(N3CCN(C(=O)Cn4cncn4)CC3)n2)cc1. The van der Waals surface area contributed by atoms with Gasteiger partial charge in [-0.25, -0.2) is 14.6 Å². The van der Waals surface area contributed by atoms with Gasteiger partial charge < -0.3 is 19.9 Å². The minimum absolute atomic E-state index is 0.0344. The third kappa shape index (κ3) is 4.65. The van der Waals surface area contributed by atoms with E-state index >= 15 is 0 Å². The van der Waals surface area contributed by atoms with E-state index in [0.29, 0.717) is 32.1 Å². The average Bonchev–Trinajstić information content (AvgIpc) is 3.27. The Labute approximate surface area is 174 Å². The van der Waals surface area contributed by atoms with Gasteiger partial charge in [-0.05, 0) is 31.2 Å². The highest BCUT2D eigenvalue weighted by molar-refractivity contribution is 5.76. The van der Waals surface area contributed by atoms with E-state index in [1.165, 1.54) is 11.0 Å². The molecule has 1 aromatic carbocycles. The number of methoxy groups -OCH3 is 1. The standard InChI is InChI=1S/C20H24N8O2/c1-15-11-18(24-16-3-5-17(30-2)6-4-16)25-20(23-15)27-9-7-26(8-10-27)19(29)12-28-14-21-13-22-28/h3-6,11,13-14H,7-10,12H2,1-2H3,(H,23,24,25). The summed E-state index contributed by atoms with van der Waals surface area (Å²) < 4.78 is 6.73. The van der Waals surface area contributed by atoms with E-state index in [9.17, 15) is 4.79 Å². The van der Waals surface area contributed by atoms with Gasteiger partial charge in [0.1, 0.15) is 30.8 Å². The summed E-state index contributed by atoms with van der Waals surface area (Å²) >= 11 is 0. The number of benzene rings is 1. The van der Waals surface area contributed by atoms with Gasteiger partial charge in [0.2, 0.25) is 11.9 Å². The topological polar surface area (TPSA) is 101 Å². The maximum absolute atomic E-state index is 12.4. The number of ether oxygens (including phenoxy) is 1. The van der Waals surface area contributed by atoms with Crippen molar-refractivity contribution in [1.82, 2.24) is 29.6 Å². The van der Waals surface area contributed by atoms with Gasteiger partial charge in [-0.15, -0.1) is 0 Å². The third-order valence-electron chi connectivity index (χ3n) is 4.88. The second kappa shape index (κ2) is 8.76. The summed E-state index contributed by atoms with van der Waals surface area (Å²) in [5, 5.41) is 7.30. The van der Waals surface area contributed by atoms with Crippen LogP contribution in [0.5, 0.6) is 5.75 Å². The molecular weight excluding hydrogens is 384 g/mol. The van der Waals surface area contributed by atoms with E-state index in [-0.39, 0.29) is 12.5 Å². The van der Waals surface area contributed by atoms with Crippen LogP contribution in [0.3, 0.4) is 0 Å². The van der Waals surface area contributed by atoms with E-state index in [1.807, 2.05) is 42.2 Å². The van der Waals surface area contributed by atoms with Crippen molar-refractivity contribution < 1.29 is 9.53 Å². The number of nitrogens with zero attached hydrogens (tertiary/aromatic N) is 7. The summed E-state index contributed by atoms with van der Waals surface area (Å²) in [6.07, 6.45) is 2.98. The number of amides is 1. The summed E-state index contributed by atoms with van der Waals surface area (Å²) in [6, 6.07) is 9.58. The Bertz CT molecular complexity index is 983. The lowest BCUT2D eigenvalue weighted by Crippen LogP contribution is -2.50. The highest BCUT2D eigenvalue weighted by Gasteiger charge is 2.23. The van der Waals surface area contributed by atoms with E-state index < -0.39 is 0 Å². The monoisotopic (exact) mass is 408 g/mol. The molecule has 2 aromatic heterocycles. The molecule has 1 amide bonds. The molecule has 10 heteroatoms. The lowest BCUT2D eigenvalue weighted by Gasteiger charge is -2.35. The van der Waals surface area contributed by atoms with Crippen molar-refractivity contribution in [2.75, 3.05) is 43.5 Å². The average molecular weight is 408 g/mol. The number of hydrogen-bond donors (Lipinski definition) is 1. The van der Waals surface area contributed by atoms with Crippen LogP contribution in [0.25, 0.3) is 0 Å². The number of piperazine rings is 1. The van der Waals surface area contributed by atoms with Crippen LogP contribution in [0.1, 0.15) is 5.69 Å². The molecule has 1 aliphatic heterocycles. The molecule has 0 bridgehead atoms. The highest BCUT2D eigenvalue weighted by Crippen LogP contribution is 2.21. The van der Waals surface area contributed by atoms with Gasteiger partial charge in [-0.3, -0.25) is 4.79 Å². The molecule has 1 aliphatic rings. The number of carbonyl (C=O) groups excluding carboxylic acids is 1. The van der Waals surface area contributed by atoms with Crippen LogP contribution in [0.4, 0.5) is 17.5 Å². The van der Waals surface area contributed by atoms with E-state index in [1.54, 1.807) is 13.4 Å². The number of rotatable bonds is 6. The number of anilines is 3. The van der Waals surface area contributed by atoms with Crippen LogP contribution in [-0.4, -0.2) is 68.8 Å². The summed E-state index contributed by atoms with van der Waals surface area (Å²) in [5.41, 5.74) is 1.80. The lowest BCUT2D eigenvalue weighted by atomic mass is 10.3. The van der Waals surface area contributed by atoms with Gasteiger partial charge in [0.25, 0.3) is 0 Å². The smallest absolute Gasteiger partial charge is 0.244 e. The third-order valence-corrected chi connectivity index (χ3v) is 4.88. The van der Waals surface area contributed by atoms with Crippen LogP contribution in [0.15, 0.2) is 43.0 Å². The van der Waals surface area contributed by atoms with Gasteiger partial charge in [-0.2, -0.15) is 10.1 Å². The largest absolute Gasteiger partial charge is 0.497 e. The van der Waals surface area contributed by atoms with Crippen LogP contribution >= 0.6 is 0 Å². The number of hydrogen-bond acceptors (Lipinski definition) is 8. The predicted molar refractivity (Wildman–Crippen MR) is 112 cm³/mol. The van der Waals surface area contributed by atoms with Crippen molar-refractivity contribution >= 4 is 23.4 Å². The number of aromatic nitrogens is 5. The fraction of sp³-hybridized carbons (Fsp3) is 0.350. The van der Waals surface area contributed by atoms with E-state index in [0.717, 1.165) is 22.9 Å². The van der Waals surface area contributed by atoms with Gasteiger partial charge in [0, 0.05) is 43.6 Å². The molecule has 1 fully saturated rings. The fourth-order valence-corrected chi connectivity index (χ4v) is 3.29. The van der Waals surface area contributed by atoms with E-state index in [2.05, 4.69) is 30.3 Å². The van der Waals surface area contributed by atoms with Crippen molar-refractivity contribution in [3.05, 3.63) is 48.7 Å². The van der Waals surface area contributed by atoms with Gasteiger partial charge >= 0.3 is 0 Å². The zero-order valence-corrected chi connectivity index (χ0v) is 17.0. The van der Waals surface area contributed by atoms with Crippen molar-refractivity contribution in [2.45, 2.75) is 13.5 Å². The van der Waals surface area contributed by atoms with Crippen molar-refractivity contribution in [2.24, 2.45) is 0 Å². The van der Waals surface area contributed by atoms with Gasteiger partial charge in [-0.1, -0.05) is 0 Å². The van der Waals surface area contributed by atoms with Crippen LogP contribution in [0, 0.1) is 6.92 Å². The molecule has 30 heavy (non-hydrogen) atoms. The normalized spacial score (nSPS) is 13.9. The molecule has 4 rings (SSSR count). The molecule has 3 heterocycles.